The van der Waals surface area contributed by atoms with Crippen LogP contribution in [0.5, 0.6) is 11.5 Å². The van der Waals surface area contributed by atoms with Gasteiger partial charge < -0.3 is 14.2 Å². The van der Waals surface area contributed by atoms with E-state index >= 15 is 0 Å². The Morgan fingerprint density at radius 2 is 1.69 bits per heavy atom. The van der Waals surface area contributed by atoms with E-state index in [-0.39, 0.29) is 18.1 Å². The van der Waals surface area contributed by atoms with Gasteiger partial charge in [0.25, 0.3) is 0 Å². The molecule has 0 fully saturated rings. The van der Waals surface area contributed by atoms with Gasteiger partial charge in [-0.15, -0.1) is 0 Å². The standard InChI is InChI=1S/C24H18O5/c1-27-15-23(25)28-19-11-12-20-21(14-19)29-22(24(20)26)13-16-7-9-18(10-8-16)17-5-3-2-4-6-17/h2-14H,15H2,1H3/b22-13-. The first-order valence-electron chi connectivity index (χ1n) is 9.07. The lowest BCUT2D eigenvalue weighted by Crippen LogP contribution is -2.14. The third-order valence-electron chi connectivity index (χ3n) is 4.45. The molecule has 0 atom stereocenters. The van der Waals surface area contributed by atoms with Crippen LogP contribution in [0, 0.1) is 0 Å². The van der Waals surface area contributed by atoms with Gasteiger partial charge in [-0.1, -0.05) is 54.6 Å². The zero-order valence-corrected chi connectivity index (χ0v) is 15.8. The van der Waals surface area contributed by atoms with Crippen LogP contribution in [-0.4, -0.2) is 25.5 Å². The van der Waals surface area contributed by atoms with Crippen LogP contribution in [0.15, 0.2) is 78.6 Å². The number of benzene rings is 3. The molecule has 1 heterocycles. The summed E-state index contributed by atoms with van der Waals surface area (Å²) in [6, 6.07) is 22.6. The zero-order chi connectivity index (χ0) is 20.2. The smallest absolute Gasteiger partial charge is 0.337 e. The van der Waals surface area contributed by atoms with Crippen molar-refractivity contribution in [1.29, 1.82) is 0 Å². The van der Waals surface area contributed by atoms with Gasteiger partial charge in [-0.05, 0) is 34.9 Å². The molecule has 0 N–H and O–H groups in total. The van der Waals surface area contributed by atoms with Crippen LogP contribution >= 0.6 is 0 Å². The monoisotopic (exact) mass is 386 g/mol. The highest BCUT2D eigenvalue weighted by Gasteiger charge is 2.28. The summed E-state index contributed by atoms with van der Waals surface area (Å²) in [5.74, 6) is 0.165. The average molecular weight is 386 g/mol. The normalized spacial score (nSPS) is 13.8. The topological polar surface area (TPSA) is 61.8 Å². The first-order valence-corrected chi connectivity index (χ1v) is 9.07. The van der Waals surface area contributed by atoms with Gasteiger partial charge in [0.05, 0.1) is 5.56 Å². The molecule has 3 aromatic rings. The summed E-state index contributed by atoms with van der Waals surface area (Å²) in [4.78, 5) is 24.2. The van der Waals surface area contributed by atoms with Gasteiger partial charge >= 0.3 is 5.97 Å². The van der Waals surface area contributed by atoms with Gasteiger partial charge in [-0.3, -0.25) is 4.79 Å². The van der Waals surface area contributed by atoms with Crippen LogP contribution in [-0.2, 0) is 9.53 Å². The molecule has 0 aliphatic carbocycles. The summed E-state index contributed by atoms with van der Waals surface area (Å²) in [6.45, 7) is -0.152. The fourth-order valence-electron chi connectivity index (χ4n) is 3.06. The van der Waals surface area contributed by atoms with Crippen molar-refractivity contribution in [3.8, 4) is 22.6 Å². The molecule has 0 saturated carbocycles. The van der Waals surface area contributed by atoms with E-state index in [1.165, 1.54) is 13.2 Å². The molecule has 29 heavy (non-hydrogen) atoms. The van der Waals surface area contributed by atoms with Gasteiger partial charge in [0.1, 0.15) is 18.1 Å². The molecule has 0 radical (unpaired) electrons. The number of esters is 1. The minimum Gasteiger partial charge on any atom is -0.452 e. The molecule has 1 aliphatic heterocycles. The van der Waals surface area contributed by atoms with E-state index in [1.54, 1.807) is 18.2 Å². The molecule has 0 saturated heterocycles. The van der Waals surface area contributed by atoms with E-state index in [0.29, 0.717) is 17.1 Å². The van der Waals surface area contributed by atoms with Gasteiger partial charge in [0.2, 0.25) is 5.78 Å². The lowest BCUT2D eigenvalue weighted by atomic mass is 10.0. The van der Waals surface area contributed by atoms with Crippen molar-refractivity contribution in [2.75, 3.05) is 13.7 Å². The summed E-state index contributed by atoms with van der Waals surface area (Å²) in [7, 11) is 1.41. The molecular formula is C24H18O5. The van der Waals surface area contributed by atoms with E-state index in [4.69, 9.17) is 14.2 Å². The summed E-state index contributed by atoms with van der Waals surface area (Å²) < 4.78 is 15.6. The number of methoxy groups -OCH3 is 1. The Bertz CT molecular complexity index is 1080. The van der Waals surface area contributed by atoms with Crippen LogP contribution in [0.4, 0.5) is 0 Å². The highest BCUT2D eigenvalue weighted by Crippen LogP contribution is 2.35. The van der Waals surface area contributed by atoms with Crippen LogP contribution in [0.2, 0.25) is 0 Å². The molecule has 0 bridgehead atoms. The largest absolute Gasteiger partial charge is 0.452 e. The lowest BCUT2D eigenvalue weighted by molar-refractivity contribution is -0.138. The molecule has 3 aromatic carbocycles. The zero-order valence-electron chi connectivity index (χ0n) is 15.8. The van der Waals surface area contributed by atoms with Crippen molar-refractivity contribution in [1.82, 2.24) is 0 Å². The predicted octanol–water partition coefficient (Wildman–Crippen LogP) is 4.52. The minimum absolute atomic E-state index is 0.152. The highest BCUT2D eigenvalue weighted by molar-refractivity contribution is 6.14. The molecule has 0 amide bonds. The first kappa shape index (κ1) is 18.7. The van der Waals surface area contributed by atoms with Crippen molar-refractivity contribution in [3.63, 3.8) is 0 Å². The molecule has 0 unspecified atom stereocenters. The maximum absolute atomic E-state index is 12.6. The van der Waals surface area contributed by atoms with Crippen molar-refractivity contribution in [2.24, 2.45) is 0 Å². The molecule has 1 aliphatic rings. The molecule has 4 rings (SSSR count). The third-order valence-corrected chi connectivity index (χ3v) is 4.45. The number of carbonyl (C=O) groups is 2. The van der Waals surface area contributed by atoms with Gasteiger partial charge in [0.15, 0.2) is 5.76 Å². The van der Waals surface area contributed by atoms with Crippen LogP contribution in [0.1, 0.15) is 15.9 Å². The van der Waals surface area contributed by atoms with Crippen molar-refractivity contribution >= 4 is 17.8 Å². The maximum Gasteiger partial charge on any atom is 0.337 e. The van der Waals surface area contributed by atoms with Crippen LogP contribution in [0.25, 0.3) is 17.2 Å². The molecular weight excluding hydrogens is 368 g/mol. The summed E-state index contributed by atoms with van der Waals surface area (Å²) >= 11 is 0. The quantitative estimate of drug-likeness (QED) is 0.366. The number of ether oxygens (including phenoxy) is 3. The first-order chi connectivity index (χ1) is 14.1. The number of hydrogen-bond acceptors (Lipinski definition) is 5. The number of ketones is 1. The summed E-state index contributed by atoms with van der Waals surface area (Å²) in [6.07, 6.45) is 1.70. The van der Waals surface area contributed by atoms with E-state index in [0.717, 1.165) is 16.7 Å². The van der Waals surface area contributed by atoms with Crippen molar-refractivity contribution in [2.45, 2.75) is 0 Å². The second-order valence-electron chi connectivity index (χ2n) is 6.49. The van der Waals surface area contributed by atoms with E-state index in [9.17, 15) is 9.59 Å². The number of Topliss-reactive ketones (excluding diaryl/α,β-unsaturated/α-hetero) is 1. The fourth-order valence-corrected chi connectivity index (χ4v) is 3.06. The molecule has 5 nitrogen and oxygen atoms in total. The molecule has 0 aromatic heterocycles. The summed E-state index contributed by atoms with van der Waals surface area (Å²) in [5, 5.41) is 0. The SMILES string of the molecule is COCC(=O)Oc1ccc2c(c1)O/C(=C\c1ccc(-c3ccccc3)cc1)C2=O. The van der Waals surface area contributed by atoms with E-state index in [1.807, 2.05) is 54.6 Å². The average Bonchev–Trinajstić information content (AvgIpc) is 3.04. The molecule has 144 valence electrons. The highest BCUT2D eigenvalue weighted by atomic mass is 16.6. The Kier molecular flexibility index (Phi) is 5.22. The Morgan fingerprint density at radius 3 is 2.41 bits per heavy atom. The summed E-state index contributed by atoms with van der Waals surface area (Å²) in [5.41, 5.74) is 3.51. The fraction of sp³-hybridized carbons (Fsp3) is 0.0833. The Hall–Kier alpha value is -3.70. The van der Waals surface area contributed by atoms with E-state index in [2.05, 4.69) is 0 Å². The Morgan fingerprint density at radius 1 is 0.966 bits per heavy atom. The number of carbonyl (C=O) groups excluding carboxylic acids is 2. The lowest BCUT2D eigenvalue weighted by Gasteiger charge is -2.05. The number of hydrogen-bond donors (Lipinski definition) is 0. The Balaban J connectivity index is 1.52. The molecule has 0 spiro atoms. The second-order valence-corrected chi connectivity index (χ2v) is 6.49. The second kappa shape index (κ2) is 8.12. The van der Waals surface area contributed by atoms with Crippen molar-refractivity contribution < 1.29 is 23.8 Å². The van der Waals surface area contributed by atoms with Gasteiger partial charge in [-0.2, -0.15) is 0 Å². The Labute approximate surface area is 168 Å². The molecule has 5 heteroatoms. The van der Waals surface area contributed by atoms with Crippen LogP contribution in [0.3, 0.4) is 0 Å². The predicted molar refractivity (Wildman–Crippen MR) is 109 cm³/mol. The van der Waals surface area contributed by atoms with Crippen molar-refractivity contribution in [3.05, 3.63) is 89.7 Å². The number of rotatable bonds is 5. The maximum atomic E-state index is 12.6. The minimum atomic E-state index is -0.522. The van der Waals surface area contributed by atoms with Gasteiger partial charge in [-0.25, -0.2) is 4.79 Å². The number of allylic oxidation sites excluding steroid dienone is 1. The van der Waals surface area contributed by atoms with Crippen LogP contribution < -0.4 is 9.47 Å². The van der Waals surface area contributed by atoms with Gasteiger partial charge in [0, 0.05) is 13.2 Å². The van der Waals surface area contributed by atoms with E-state index < -0.39 is 5.97 Å². The number of fused-ring (bicyclic) bond motifs is 1. The third kappa shape index (κ3) is 4.10.